The third-order valence-electron chi connectivity index (χ3n) is 3.21. The lowest BCUT2D eigenvalue weighted by atomic mass is 10.1. The molecule has 1 amide bonds. The third-order valence-corrected chi connectivity index (χ3v) is 3.21. The highest BCUT2D eigenvalue weighted by atomic mass is 16.5. The van der Waals surface area contributed by atoms with Gasteiger partial charge in [0.25, 0.3) is 0 Å². The number of rotatable bonds is 5. The number of aryl methyl sites for hydroxylation is 1. The molecule has 0 spiro atoms. The Morgan fingerprint density at radius 2 is 2.32 bits per heavy atom. The number of hydrogen-bond donors (Lipinski definition) is 0. The van der Waals surface area contributed by atoms with Crippen LogP contribution >= 0.6 is 0 Å². The standard InChI is InChI=1S/C14H17N3O2/c1-11(13-7-9-19-16-13)17(2)14(18)6-5-12-4-3-8-15-10-12/h3-4,7-11H,5-6H2,1-2H3/t11-/m1/s1. The van der Waals surface area contributed by atoms with E-state index in [1.807, 2.05) is 19.1 Å². The summed E-state index contributed by atoms with van der Waals surface area (Å²) >= 11 is 0. The predicted octanol–water partition coefficient (Wildman–Crippen LogP) is 2.22. The van der Waals surface area contributed by atoms with Crippen molar-refractivity contribution in [3.63, 3.8) is 0 Å². The van der Waals surface area contributed by atoms with Gasteiger partial charge in [-0.1, -0.05) is 11.2 Å². The van der Waals surface area contributed by atoms with Crippen LogP contribution in [0.4, 0.5) is 0 Å². The molecule has 19 heavy (non-hydrogen) atoms. The molecular weight excluding hydrogens is 242 g/mol. The van der Waals surface area contributed by atoms with Gasteiger partial charge in [0.1, 0.15) is 12.0 Å². The molecule has 5 heteroatoms. The summed E-state index contributed by atoms with van der Waals surface area (Å²) < 4.78 is 4.80. The molecule has 0 bridgehead atoms. The van der Waals surface area contributed by atoms with E-state index in [4.69, 9.17) is 4.52 Å². The number of amides is 1. The van der Waals surface area contributed by atoms with Crippen LogP contribution in [0.25, 0.3) is 0 Å². The van der Waals surface area contributed by atoms with E-state index in [0.717, 1.165) is 11.3 Å². The molecule has 0 N–H and O–H groups in total. The molecule has 2 aromatic heterocycles. The summed E-state index contributed by atoms with van der Waals surface area (Å²) in [7, 11) is 1.78. The zero-order chi connectivity index (χ0) is 13.7. The second-order valence-electron chi connectivity index (χ2n) is 4.47. The SMILES string of the molecule is C[C@H](c1ccon1)N(C)C(=O)CCc1cccnc1. The molecule has 2 rings (SSSR count). The van der Waals surface area contributed by atoms with Gasteiger partial charge in [0.15, 0.2) is 0 Å². The fourth-order valence-corrected chi connectivity index (χ4v) is 1.83. The number of aromatic nitrogens is 2. The van der Waals surface area contributed by atoms with Gasteiger partial charge in [-0.2, -0.15) is 0 Å². The van der Waals surface area contributed by atoms with Crippen LogP contribution in [0.2, 0.25) is 0 Å². The molecule has 0 saturated heterocycles. The Hall–Kier alpha value is -2.17. The van der Waals surface area contributed by atoms with Crippen molar-refractivity contribution in [2.75, 3.05) is 7.05 Å². The molecule has 100 valence electrons. The zero-order valence-electron chi connectivity index (χ0n) is 11.1. The van der Waals surface area contributed by atoms with Gasteiger partial charge in [-0.3, -0.25) is 9.78 Å². The van der Waals surface area contributed by atoms with Gasteiger partial charge in [0, 0.05) is 31.9 Å². The van der Waals surface area contributed by atoms with Gasteiger partial charge in [0.05, 0.1) is 6.04 Å². The molecule has 2 aromatic rings. The summed E-state index contributed by atoms with van der Waals surface area (Å²) in [5.74, 6) is 0.0827. The van der Waals surface area contributed by atoms with E-state index in [-0.39, 0.29) is 11.9 Å². The van der Waals surface area contributed by atoms with Crippen molar-refractivity contribution in [1.29, 1.82) is 0 Å². The van der Waals surface area contributed by atoms with Crippen LogP contribution < -0.4 is 0 Å². The Balaban J connectivity index is 1.89. The molecule has 0 aliphatic rings. The Kier molecular flexibility index (Phi) is 4.28. The van der Waals surface area contributed by atoms with Crippen LogP contribution in [-0.4, -0.2) is 28.0 Å². The maximum Gasteiger partial charge on any atom is 0.223 e. The Morgan fingerprint density at radius 3 is 2.95 bits per heavy atom. The number of carbonyl (C=O) groups is 1. The highest BCUT2D eigenvalue weighted by Gasteiger charge is 2.19. The maximum absolute atomic E-state index is 12.1. The van der Waals surface area contributed by atoms with Gasteiger partial charge >= 0.3 is 0 Å². The van der Waals surface area contributed by atoms with E-state index in [0.29, 0.717) is 12.8 Å². The number of nitrogens with zero attached hydrogens (tertiary/aromatic N) is 3. The van der Waals surface area contributed by atoms with Gasteiger partial charge < -0.3 is 9.42 Å². The largest absolute Gasteiger partial charge is 0.364 e. The van der Waals surface area contributed by atoms with Gasteiger partial charge in [-0.25, -0.2) is 0 Å². The molecule has 0 aliphatic heterocycles. The van der Waals surface area contributed by atoms with Crippen molar-refractivity contribution < 1.29 is 9.32 Å². The third kappa shape index (κ3) is 3.40. The average Bonchev–Trinajstić information content (AvgIpc) is 2.98. The molecule has 0 radical (unpaired) electrons. The predicted molar refractivity (Wildman–Crippen MR) is 70.2 cm³/mol. The molecule has 0 unspecified atom stereocenters. The lowest BCUT2D eigenvalue weighted by Gasteiger charge is -2.23. The molecule has 0 aliphatic carbocycles. The van der Waals surface area contributed by atoms with Crippen LogP contribution in [-0.2, 0) is 11.2 Å². The van der Waals surface area contributed by atoms with E-state index < -0.39 is 0 Å². The van der Waals surface area contributed by atoms with Crippen molar-refractivity contribution in [3.05, 3.63) is 48.1 Å². The van der Waals surface area contributed by atoms with Gasteiger partial charge in [-0.15, -0.1) is 0 Å². The second kappa shape index (κ2) is 6.13. The molecule has 1 atom stereocenters. The number of hydrogen-bond acceptors (Lipinski definition) is 4. The fraction of sp³-hybridized carbons (Fsp3) is 0.357. The second-order valence-corrected chi connectivity index (χ2v) is 4.47. The summed E-state index contributed by atoms with van der Waals surface area (Å²) in [6, 6.07) is 5.54. The zero-order valence-corrected chi connectivity index (χ0v) is 11.1. The average molecular weight is 259 g/mol. The minimum absolute atomic E-state index is 0.0827. The maximum atomic E-state index is 12.1. The van der Waals surface area contributed by atoms with Gasteiger partial charge in [0.2, 0.25) is 5.91 Å². The minimum Gasteiger partial charge on any atom is -0.364 e. The van der Waals surface area contributed by atoms with Crippen molar-refractivity contribution >= 4 is 5.91 Å². The first kappa shape index (κ1) is 13.3. The highest BCUT2D eigenvalue weighted by Crippen LogP contribution is 2.17. The molecule has 2 heterocycles. The Bertz CT molecular complexity index is 511. The summed E-state index contributed by atoms with van der Waals surface area (Å²) in [5, 5.41) is 3.86. The van der Waals surface area contributed by atoms with E-state index in [2.05, 4.69) is 10.1 Å². The van der Waals surface area contributed by atoms with Crippen LogP contribution in [0.1, 0.15) is 30.6 Å². The van der Waals surface area contributed by atoms with E-state index in [1.165, 1.54) is 6.26 Å². The van der Waals surface area contributed by atoms with Crippen LogP contribution in [0.5, 0.6) is 0 Å². The fourth-order valence-electron chi connectivity index (χ4n) is 1.83. The smallest absolute Gasteiger partial charge is 0.223 e. The van der Waals surface area contributed by atoms with Crippen molar-refractivity contribution in [1.82, 2.24) is 15.0 Å². The topological polar surface area (TPSA) is 59.2 Å². The van der Waals surface area contributed by atoms with Crippen molar-refractivity contribution in [2.45, 2.75) is 25.8 Å². The van der Waals surface area contributed by atoms with Crippen molar-refractivity contribution in [2.24, 2.45) is 0 Å². The Labute approximate surface area is 112 Å². The first-order chi connectivity index (χ1) is 9.18. The summed E-state index contributed by atoms with van der Waals surface area (Å²) in [5.41, 5.74) is 1.83. The van der Waals surface area contributed by atoms with E-state index >= 15 is 0 Å². The molecule has 0 saturated carbocycles. The normalized spacial score (nSPS) is 12.1. The summed E-state index contributed by atoms with van der Waals surface area (Å²) in [4.78, 5) is 17.8. The van der Waals surface area contributed by atoms with E-state index in [1.54, 1.807) is 30.4 Å². The van der Waals surface area contributed by atoms with Gasteiger partial charge in [-0.05, 0) is 25.0 Å². The monoisotopic (exact) mass is 259 g/mol. The lowest BCUT2D eigenvalue weighted by molar-refractivity contribution is -0.131. The van der Waals surface area contributed by atoms with E-state index in [9.17, 15) is 4.79 Å². The number of carbonyl (C=O) groups excluding carboxylic acids is 1. The number of pyridine rings is 1. The Morgan fingerprint density at radius 1 is 1.47 bits per heavy atom. The van der Waals surface area contributed by atoms with Crippen molar-refractivity contribution in [3.8, 4) is 0 Å². The first-order valence-electron chi connectivity index (χ1n) is 6.23. The molecule has 5 nitrogen and oxygen atoms in total. The highest BCUT2D eigenvalue weighted by molar-refractivity contribution is 5.76. The van der Waals surface area contributed by atoms with Crippen LogP contribution in [0.3, 0.4) is 0 Å². The summed E-state index contributed by atoms with van der Waals surface area (Å²) in [6.45, 7) is 1.93. The molecule has 0 fully saturated rings. The summed E-state index contributed by atoms with van der Waals surface area (Å²) in [6.07, 6.45) is 6.19. The quantitative estimate of drug-likeness (QED) is 0.826. The van der Waals surface area contributed by atoms with Crippen LogP contribution in [0.15, 0.2) is 41.4 Å². The minimum atomic E-state index is -0.0832. The first-order valence-corrected chi connectivity index (χ1v) is 6.23. The lowest BCUT2D eigenvalue weighted by Crippen LogP contribution is -2.30. The van der Waals surface area contributed by atoms with Crippen LogP contribution in [0, 0.1) is 0 Å². The molecular formula is C14H17N3O2. The molecule has 0 aromatic carbocycles.